The van der Waals surface area contributed by atoms with Crippen molar-refractivity contribution in [2.24, 2.45) is 0 Å². The molecule has 10 heteroatoms. The zero-order valence-electron chi connectivity index (χ0n) is 13.6. The Bertz CT molecular complexity index is 575. The maximum Gasteiger partial charge on any atom is 0.338 e. The van der Waals surface area contributed by atoms with E-state index in [1.807, 2.05) is 0 Å². The first-order valence-electron chi connectivity index (χ1n) is 7.35. The minimum absolute atomic E-state index is 0.101. The molecule has 0 N–H and O–H groups in total. The zero-order valence-corrected chi connectivity index (χ0v) is 15.1. The molecular formula is C16H16Cl2O8. The number of carbonyl (C=O) groups excluding carboxylic acids is 4. The van der Waals surface area contributed by atoms with E-state index < -0.39 is 23.9 Å². The van der Waals surface area contributed by atoms with E-state index in [1.54, 1.807) is 0 Å². The summed E-state index contributed by atoms with van der Waals surface area (Å²) in [7, 11) is 0. The standard InChI is InChI=1S/C16H16Cl2O8/c17-9-13(19)23-5-7-25-15(21)11-1-2-12(4-3-11)16(22)26-8-6-24-14(20)10-18/h1-4H,5-10H2. The Morgan fingerprint density at radius 1 is 0.615 bits per heavy atom. The number of hydrogen-bond donors (Lipinski definition) is 0. The molecule has 0 spiro atoms. The molecule has 1 aromatic carbocycles. The van der Waals surface area contributed by atoms with Gasteiger partial charge in [-0.15, -0.1) is 23.2 Å². The Morgan fingerprint density at radius 3 is 1.23 bits per heavy atom. The van der Waals surface area contributed by atoms with Crippen molar-refractivity contribution >= 4 is 47.1 Å². The smallest absolute Gasteiger partial charge is 0.338 e. The van der Waals surface area contributed by atoms with Crippen LogP contribution in [0.25, 0.3) is 0 Å². The van der Waals surface area contributed by atoms with Crippen LogP contribution in [0, 0.1) is 0 Å². The molecule has 0 atom stereocenters. The summed E-state index contributed by atoms with van der Waals surface area (Å²) in [6.07, 6.45) is 0. The average molecular weight is 407 g/mol. The molecule has 1 aromatic rings. The van der Waals surface area contributed by atoms with Crippen LogP contribution >= 0.6 is 23.2 Å². The van der Waals surface area contributed by atoms with Gasteiger partial charge in [-0.25, -0.2) is 9.59 Å². The Labute approximate surface area is 159 Å². The van der Waals surface area contributed by atoms with E-state index in [0.29, 0.717) is 0 Å². The third-order valence-electron chi connectivity index (χ3n) is 2.73. The van der Waals surface area contributed by atoms with E-state index in [0.717, 1.165) is 0 Å². The van der Waals surface area contributed by atoms with E-state index in [4.69, 9.17) is 32.7 Å². The Kier molecular flexibility index (Phi) is 10.1. The molecule has 0 radical (unpaired) electrons. The minimum Gasteiger partial charge on any atom is -0.461 e. The van der Waals surface area contributed by atoms with E-state index in [1.165, 1.54) is 24.3 Å². The number of halogens is 2. The maximum atomic E-state index is 11.8. The van der Waals surface area contributed by atoms with Crippen molar-refractivity contribution < 1.29 is 38.1 Å². The second kappa shape index (κ2) is 12.1. The molecule has 0 aliphatic carbocycles. The molecule has 0 heterocycles. The lowest BCUT2D eigenvalue weighted by atomic mass is 10.1. The van der Waals surface area contributed by atoms with Crippen LogP contribution in [-0.2, 0) is 28.5 Å². The summed E-state index contributed by atoms with van der Waals surface area (Å²) in [5.41, 5.74) is 0.419. The van der Waals surface area contributed by atoms with Gasteiger partial charge in [0.05, 0.1) is 11.1 Å². The molecule has 142 valence electrons. The summed E-state index contributed by atoms with van der Waals surface area (Å²) in [6.45, 7) is -0.440. The third kappa shape index (κ3) is 8.17. The van der Waals surface area contributed by atoms with Gasteiger partial charge >= 0.3 is 23.9 Å². The molecule has 0 unspecified atom stereocenters. The molecule has 0 bridgehead atoms. The van der Waals surface area contributed by atoms with Gasteiger partial charge in [-0.1, -0.05) is 0 Å². The molecule has 0 saturated heterocycles. The molecule has 0 aliphatic heterocycles. The average Bonchev–Trinajstić information content (AvgIpc) is 2.67. The number of benzene rings is 1. The molecule has 0 aromatic heterocycles. The van der Waals surface area contributed by atoms with Crippen molar-refractivity contribution in [2.75, 3.05) is 38.2 Å². The lowest BCUT2D eigenvalue weighted by Gasteiger charge is -2.07. The van der Waals surface area contributed by atoms with Gasteiger partial charge in [0.15, 0.2) is 0 Å². The van der Waals surface area contributed by atoms with Crippen molar-refractivity contribution in [2.45, 2.75) is 0 Å². The molecule has 1 rings (SSSR count). The Balaban J connectivity index is 2.37. The summed E-state index contributed by atoms with van der Waals surface area (Å²) in [6, 6.07) is 5.54. The quantitative estimate of drug-likeness (QED) is 0.249. The van der Waals surface area contributed by atoms with Crippen molar-refractivity contribution in [3.05, 3.63) is 35.4 Å². The fourth-order valence-corrected chi connectivity index (χ4v) is 1.72. The van der Waals surface area contributed by atoms with Crippen molar-refractivity contribution in [1.82, 2.24) is 0 Å². The highest BCUT2D eigenvalue weighted by Gasteiger charge is 2.11. The van der Waals surface area contributed by atoms with Gasteiger partial charge in [0.25, 0.3) is 0 Å². The highest BCUT2D eigenvalue weighted by Crippen LogP contribution is 2.07. The zero-order chi connectivity index (χ0) is 19.4. The van der Waals surface area contributed by atoms with Crippen LogP contribution in [0.3, 0.4) is 0 Å². The fraction of sp³-hybridized carbons (Fsp3) is 0.375. The molecule has 8 nitrogen and oxygen atoms in total. The van der Waals surface area contributed by atoms with Crippen LogP contribution in [0.15, 0.2) is 24.3 Å². The molecule has 0 saturated carbocycles. The summed E-state index contributed by atoms with van der Waals surface area (Å²) in [4.78, 5) is 45.2. The molecule has 26 heavy (non-hydrogen) atoms. The number of esters is 4. The lowest BCUT2D eigenvalue weighted by molar-refractivity contribution is -0.142. The van der Waals surface area contributed by atoms with Crippen molar-refractivity contribution in [3.8, 4) is 0 Å². The first-order chi connectivity index (χ1) is 12.5. The highest BCUT2D eigenvalue weighted by atomic mass is 35.5. The van der Waals surface area contributed by atoms with Gasteiger partial charge in [-0.05, 0) is 24.3 Å². The number of ether oxygens (including phenoxy) is 4. The largest absolute Gasteiger partial charge is 0.461 e. The van der Waals surface area contributed by atoms with Crippen LogP contribution in [0.1, 0.15) is 20.7 Å². The van der Waals surface area contributed by atoms with E-state index >= 15 is 0 Å². The number of carbonyl (C=O) groups is 4. The first-order valence-corrected chi connectivity index (χ1v) is 8.42. The van der Waals surface area contributed by atoms with Gasteiger partial charge < -0.3 is 18.9 Å². The maximum absolute atomic E-state index is 11.8. The topological polar surface area (TPSA) is 105 Å². The van der Waals surface area contributed by atoms with Crippen LogP contribution < -0.4 is 0 Å². The van der Waals surface area contributed by atoms with E-state index in [-0.39, 0.29) is 49.3 Å². The second-order valence-corrected chi connectivity index (χ2v) is 5.09. The highest BCUT2D eigenvalue weighted by molar-refractivity contribution is 6.26. The van der Waals surface area contributed by atoms with Gasteiger partial charge in [0.1, 0.15) is 38.2 Å². The van der Waals surface area contributed by atoms with E-state index in [2.05, 4.69) is 9.47 Å². The van der Waals surface area contributed by atoms with Crippen LogP contribution in [-0.4, -0.2) is 62.1 Å². The van der Waals surface area contributed by atoms with Crippen molar-refractivity contribution in [1.29, 1.82) is 0 Å². The normalized spacial score (nSPS) is 9.92. The van der Waals surface area contributed by atoms with Crippen LogP contribution in [0.4, 0.5) is 0 Å². The lowest BCUT2D eigenvalue weighted by Crippen LogP contribution is -2.15. The summed E-state index contributed by atoms with van der Waals surface area (Å²) >= 11 is 10.5. The van der Waals surface area contributed by atoms with Crippen LogP contribution in [0.2, 0.25) is 0 Å². The van der Waals surface area contributed by atoms with Gasteiger partial charge in [0.2, 0.25) is 0 Å². The summed E-state index contributed by atoms with van der Waals surface area (Å²) in [5, 5.41) is 0. The second-order valence-electron chi connectivity index (χ2n) is 4.56. The SMILES string of the molecule is O=C(CCl)OCCOC(=O)c1ccc(C(=O)OCCOC(=O)CCl)cc1. The molecular weight excluding hydrogens is 391 g/mol. The van der Waals surface area contributed by atoms with Gasteiger partial charge in [-0.2, -0.15) is 0 Å². The summed E-state index contributed by atoms with van der Waals surface area (Å²) in [5.74, 6) is -3.05. The molecule has 0 amide bonds. The van der Waals surface area contributed by atoms with E-state index in [9.17, 15) is 19.2 Å². The third-order valence-corrected chi connectivity index (χ3v) is 3.17. The van der Waals surface area contributed by atoms with Crippen molar-refractivity contribution in [3.63, 3.8) is 0 Å². The first kappa shape index (κ1) is 21.7. The Hall–Kier alpha value is -2.32. The summed E-state index contributed by atoms with van der Waals surface area (Å²) < 4.78 is 19.1. The number of rotatable bonds is 10. The predicted octanol–water partition coefficient (Wildman–Crippen LogP) is 1.56. The Morgan fingerprint density at radius 2 is 0.923 bits per heavy atom. The number of alkyl halides is 2. The molecule has 0 aliphatic rings. The fourth-order valence-electron chi connectivity index (χ4n) is 1.57. The van der Waals surface area contributed by atoms with Crippen LogP contribution in [0.5, 0.6) is 0 Å². The predicted molar refractivity (Wildman–Crippen MR) is 90.4 cm³/mol. The van der Waals surface area contributed by atoms with Gasteiger partial charge in [0, 0.05) is 0 Å². The molecule has 0 fully saturated rings. The number of hydrogen-bond acceptors (Lipinski definition) is 8. The monoisotopic (exact) mass is 406 g/mol. The minimum atomic E-state index is -0.639. The van der Waals surface area contributed by atoms with Gasteiger partial charge in [-0.3, -0.25) is 9.59 Å².